The van der Waals surface area contributed by atoms with Crippen LogP contribution in [0.4, 0.5) is 0 Å². The van der Waals surface area contributed by atoms with E-state index in [1.165, 1.54) is 37.9 Å². The summed E-state index contributed by atoms with van der Waals surface area (Å²) < 4.78 is 0. The van der Waals surface area contributed by atoms with Crippen molar-refractivity contribution in [1.82, 2.24) is 5.32 Å². The van der Waals surface area contributed by atoms with Crippen LogP contribution in [0.2, 0.25) is 0 Å². The fourth-order valence-corrected chi connectivity index (χ4v) is 4.09. The van der Waals surface area contributed by atoms with Crippen LogP contribution < -0.4 is 5.32 Å². The largest absolute Gasteiger partial charge is 0.310 e. The van der Waals surface area contributed by atoms with Crippen LogP contribution in [0.1, 0.15) is 46.0 Å². The molecular formula is C12H23NS. The number of thioether (sulfide) groups is 1. The van der Waals surface area contributed by atoms with Crippen molar-refractivity contribution in [2.24, 2.45) is 5.92 Å². The van der Waals surface area contributed by atoms with Crippen LogP contribution in [-0.2, 0) is 0 Å². The van der Waals surface area contributed by atoms with Gasteiger partial charge in [-0.3, -0.25) is 0 Å². The Bertz CT molecular complexity index is 177. The van der Waals surface area contributed by atoms with Gasteiger partial charge in [0.1, 0.15) is 0 Å². The van der Waals surface area contributed by atoms with Crippen LogP contribution in [0.15, 0.2) is 0 Å². The molecule has 1 nitrogen and oxygen atoms in total. The Kier molecular flexibility index (Phi) is 3.78. The molecule has 0 amide bonds. The van der Waals surface area contributed by atoms with E-state index in [2.05, 4.69) is 30.9 Å². The van der Waals surface area contributed by atoms with Gasteiger partial charge in [0, 0.05) is 17.3 Å². The molecule has 2 unspecified atom stereocenters. The maximum absolute atomic E-state index is 3.85. The highest BCUT2D eigenvalue weighted by Crippen LogP contribution is 2.30. The second-order valence-electron chi connectivity index (χ2n) is 4.97. The minimum absolute atomic E-state index is 0.753. The Hall–Kier alpha value is 0.310. The second kappa shape index (κ2) is 4.89. The maximum atomic E-state index is 3.85. The monoisotopic (exact) mass is 213 g/mol. The number of hydrogen-bond acceptors (Lipinski definition) is 2. The molecule has 0 radical (unpaired) electrons. The standard InChI is InChI=1S/C12H23NS/c1-9(11-5-3-4-6-11)13-12-7-8-14-10(12)2/h9-13H,3-8H2,1-2H3/t9-,10?,12?/m1/s1. The molecule has 14 heavy (non-hydrogen) atoms. The van der Waals surface area contributed by atoms with Crippen LogP contribution in [-0.4, -0.2) is 23.1 Å². The Labute approximate surface area is 92.4 Å². The second-order valence-corrected chi connectivity index (χ2v) is 6.46. The van der Waals surface area contributed by atoms with Gasteiger partial charge in [0.25, 0.3) is 0 Å². The van der Waals surface area contributed by atoms with Gasteiger partial charge < -0.3 is 5.32 Å². The minimum atomic E-state index is 0.753. The lowest BCUT2D eigenvalue weighted by Gasteiger charge is -2.26. The van der Waals surface area contributed by atoms with Gasteiger partial charge in [-0.15, -0.1) is 0 Å². The zero-order valence-corrected chi connectivity index (χ0v) is 10.3. The Morgan fingerprint density at radius 2 is 1.93 bits per heavy atom. The zero-order valence-electron chi connectivity index (χ0n) is 9.46. The molecule has 1 saturated heterocycles. The smallest absolute Gasteiger partial charge is 0.0194 e. The fraction of sp³-hybridized carbons (Fsp3) is 1.00. The molecule has 1 heterocycles. The molecule has 1 N–H and O–H groups in total. The molecule has 2 aliphatic rings. The normalized spacial score (nSPS) is 36.4. The first kappa shape index (κ1) is 10.8. The Morgan fingerprint density at radius 3 is 2.50 bits per heavy atom. The SMILES string of the molecule is CC1SCCC1N[C@H](C)C1CCCC1. The van der Waals surface area contributed by atoms with E-state index in [0.29, 0.717) is 0 Å². The van der Waals surface area contributed by atoms with E-state index in [-0.39, 0.29) is 0 Å². The predicted molar refractivity (Wildman–Crippen MR) is 64.9 cm³/mol. The average molecular weight is 213 g/mol. The molecular weight excluding hydrogens is 190 g/mol. The zero-order chi connectivity index (χ0) is 9.97. The van der Waals surface area contributed by atoms with Crippen molar-refractivity contribution < 1.29 is 0 Å². The van der Waals surface area contributed by atoms with Crippen molar-refractivity contribution in [3.8, 4) is 0 Å². The number of rotatable bonds is 3. The van der Waals surface area contributed by atoms with Crippen LogP contribution >= 0.6 is 11.8 Å². The number of nitrogens with one attached hydrogen (secondary N) is 1. The summed E-state index contributed by atoms with van der Waals surface area (Å²) in [5, 5.41) is 4.68. The van der Waals surface area contributed by atoms with Gasteiger partial charge in [0.05, 0.1) is 0 Å². The lowest BCUT2D eigenvalue weighted by molar-refractivity contribution is 0.340. The Morgan fingerprint density at radius 1 is 1.21 bits per heavy atom. The van der Waals surface area contributed by atoms with Crippen molar-refractivity contribution in [3.05, 3.63) is 0 Å². The molecule has 1 aliphatic carbocycles. The van der Waals surface area contributed by atoms with Crippen LogP contribution in [0.3, 0.4) is 0 Å². The summed E-state index contributed by atoms with van der Waals surface area (Å²) in [5.41, 5.74) is 0. The molecule has 0 aromatic rings. The summed E-state index contributed by atoms with van der Waals surface area (Å²) in [6.45, 7) is 4.77. The lowest BCUT2D eigenvalue weighted by Crippen LogP contribution is -2.42. The van der Waals surface area contributed by atoms with Gasteiger partial charge in [-0.2, -0.15) is 11.8 Å². The topological polar surface area (TPSA) is 12.0 Å². The van der Waals surface area contributed by atoms with E-state index in [4.69, 9.17) is 0 Å². The average Bonchev–Trinajstić information content (AvgIpc) is 2.77. The summed E-state index contributed by atoms with van der Waals surface area (Å²) in [5.74, 6) is 2.32. The quantitative estimate of drug-likeness (QED) is 0.773. The summed E-state index contributed by atoms with van der Waals surface area (Å²) in [4.78, 5) is 0. The first-order chi connectivity index (χ1) is 6.77. The van der Waals surface area contributed by atoms with Crippen LogP contribution in [0.25, 0.3) is 0 Å². The third kappa shape index (κ3) is 2.46. The predicted octanol–water partition coefficient (Wildman–Crippen LogP) is 3.05. The molecule has 2 fully saturated rings. The Balaban J connectivity index is 1.78. The molecule has 0 spiro atoms. The van der Waals surface area contributed by atoms with E-state index in [1.807, 2.05) is 0 Å². The summed E-state index contributed by atoms with van der Waals surface area (Å²) >= 11 is 2.13. The van der Waals surface area contributed by atoms with Gasteiger partial charge in [-0.25, -0.2) is 0 Å². The first-order valence-corrected chi connectivity index (χ1v) is 7.20. The molecule has 3 atom stereocenters. The van der Waals surface area contributed by atoms with Gasteiger partial charge in [0.2, 0.25) is 0 Å². The van der Waals surface area contributed by atoms with E-state index in [1.54, 1.807) is 0 Å². The van der Waals surface area contributed by atoms with Gasteiger partial charge in [-0.05, 0) is 37.9 Å². The molecule has 0 aromatic heterocycles. The molecule has 82 valence electrons. The van der Waals surface area contributed by atoms with E-state index >= 15 is 0 Å². The van der Waals surface area contributed by atoms with E-state index in [9.17, 15) is 0 Å². The summed E-state index contributed by atoms with van der Waals surface area (Å²) in [6.07, 6.45) is 7.23. The third-order valence-corrected chi connectivity index (χ3v) is 5.29. The highest BCUT2D eigenvalue weighted by molar-refractivity contribution is 8.00. The van der Waals surface area contributed by atoms with Crippen LogP contribution in [0.5, 0.6) is 0 Å². The molecule has 2 heteroatoms. The first-order valence-electron chi connectivity index (χ1n) is 6.15. The number of hydrogen-bond donors (Lipinski definition) is 1. The lowest BCUT2D eigenvalue weighted by atomic mass is 9.98. The molecule has 0 aromatic carbocycles. The van der Waals surface area contributed by atoms with Crippen molar-refractivity contribution in [1.29, 1.82) is 0 Å². The van der Waals surface area contributed by atoms with E-state index < -0.39 is 0 Å². The minimum Gasteiger partial charge on any atom is -0.310 e. The van der Waals surface area contributed by atoms with Crippen molar-refractivity contribution in [2.45, 2.75) is 63.3 Å². The van der Waals surface area contributed by atoms with E-state index in [0.717, 1.165) is 23.3 Å². The molecule has 1 saturated carbocycles. The molecule has 0 bridgehead atoms. The van der Waals surface area contributed by atoms with Gasteiger partial charge in [0.15, 0.2) is 0 Å². The van der Waals surface area contributed by atoms with Crippen LogP contribution in [0, 0.1) is 5.92 Å². The van der Waals surface area contributed by atoms with Crippen molar-refractivity contribution in [3.63, 3.8) is 0 Å². The third-order valence-electron chi connectivity index (χ3n) is 3.96. The summed E-state index contributed by atoms with van der Waals surface area (Å²) in [6, 6.07) is 1.54. The molecule has 2 rings (SSSR count). The maximum Gasteiger partial charge on any atom is 0.0194 e. The molecule has 1 aliphatic heterocycles. The fourth-order valence-electron chi connectivity index (χ4n) is 2.88. The highest BCUT2D eigenvalue weighted by atomic mass is 32.2. The summed E-state index contributed by atoms with van der Waals surface area (Å²) in [7, 11) is 0. The van der Waals surface area contributed by atoms with Gasteiger partial charge in [-0.1, -0.05) is 19.8 Å². The highest BCUT2D eigenvalue weighted by Gasteiger charge is 2.28. The van der Waals surface area contributed by atoms with Crippen molar-refractivity contribution >= 4 is 11.8 Å². The van der Waals surface area contributed by atoms with Gasteiger partial charge >= 0.3 is 0 Å². The van der Waals surface area contributed by atoms with Crippen molar-refractivity contribution in [2.75, 3.05) is 5.75 Å².